The predicted molar refractivity (Wildman–Crippen MR) is 64.7 cm³/mol. The van der Waals surface area contributed by atoms with Gasteiger partial charge in [0, 0.05) is 25.1 Å². The summed E-state index contributed by atoms with van der Waals surface area (Å²) in [5.41, 5.74) is 0.670. The number of hydrogen-bond acceptors (Lipinski definition) is 3. The molecule has 0 aromatic heterocycles. The predicted octanol–water partition coefficient (Wildman–Crippen LogP) is 3.07. The standard InChI is InChI=1S/C11H11ClN2O2/c1-2-3-4-7-13-11-6-5-9(14(15)16)8-10(11)12/h1,5-6,8,13H,3-4,7H2. The maximum absolute atomic E-state index is 10.5. The normalized spacial score (nSPS) is 9.50. The van der Waals surface area contributed by atoms with E-state index in [0.717, 1.165) is 6.42 Å². The first-order valence-corrected chi connectivity index (χ1v) is 5.14. The molecule has 16 heavy (non-hydrogen) atoms. The maximum Gasteiger partial charge on any atom is 0.271 e. The highest BCUT2D eigenvalue weighted by Gasteiger charge is 2.08. The summed E-state index contributed by atoms with van der Waals surface area (Å²) < 4.78 is 0. The average Bonchev–Trinajstić information content (AvgIpc) is 2.26. The third-order valence-corrected chi connectivity index (χ3v) is 2.29. The Morgan fingerprint density at radius 2 is 2.31 bits per heavy atom. The summed E-state index contributed by atoms with van der Waals surface area (Å²) in [6, 6.07) is 4.33. The first-order valence-electron chi connectivity index (χ1n) is 4.76. The van der Waals surface area contributed by atoms with Gasteiger partial charge in [-0.1, -0.05) is 11.6 Å². The van der Waals surface area contributed by atoms with Crippen LogP contribution in [-0.2, 0) is 0 Å². The van der Waals surface area contributed by atoms with Crippen LogP contribution in [0.3, 0.4) is 0 Å². The molecular formula is C11H11ClN2O2. The molecule has 1 N–H and O–H groups in total. The second kappa shape index (κ2) is 5.99. The fraction of sp³-hybridized carbons (Fsp3) is 0.273. The van der Waals surface area contributed by atoms with Crippen molar-refractivity contribution in [3.05, 3.63) is 33.3 Å². The first-order chi connectivity index (χ1) is 7.65. The number of halogens is 1. The molecule has 1 aromatic carbocycles. The molecule has 0 atom stereocenters. The maximum atomic E-state index is 10.5. The number of anilines is 1. The fourth-order valence-corrected chi connectivity index (χ4v) is 1.42. The van der Waals surface area contributed by atoms with Crippen LogP contribution in [0.4, 0.5) is 11.4 Å². The highest BCUT2D eigenvalue weighted by Crippen LogP contribution is 2.26. The van der Waals surface area contributed by atoms with E-state index in [1.54, 1.807) is 6.07 Å². The molecule has 0 saturated carbocycles. The minimum atomic E-state index is -0.478. The molecule has 0 aliphatic rings. The quantitative estimate of drug-likeness (QED) is 0.371. The van der Waals surface area contributed by atoms with Crippen LogP contribution in [0.2, 0.25) is 5.02 Å². The van der Waals surface area contributed by atoms with Gasteiger partial charge in [0.1, 0.15) is 0 Å². The van der Waals surface area contributed by atoms with Gasteiger partial charge in [0.15, 0.2) is 0 Å². The van der Waals surface area contributed by atoms with Gasteiger partial charge in [-0.3, -0.25) is 10.1 Å². The molecule has 1 aromatic rings. The molecule has 1 rings (SSSR count). The minimum Gasteiger partial charge on any atom is -0.384 e. The van der Waals surface area contributed by atoms with E-state index in [-0.39, 0.29) is 5.69 Å². The third kappa shape index (κ3) is 3.44. The molecule has 0 amide bonds. The summed E-state index contributed by atoms with van der Waals surface area (Å²) in [5, 5.41) is 13.9. The number of nitro groups is 1. The van der Waals surface area contributed by atoms with Crippen LogP contribution in [0.1, 0.15) is 12.8 Å². The zero-order valence-electron chi connectivity index (χ0n) is 8.57. The van der Waals surface area contributed by atoms with Crippen molar-refractivity contribution in [1.29, 1.82) is 0 Å². The molecule has 0 aliphatic carbocycles. The Kier molecular flexibility index (Phi) is 4.62. The van der Waals surface area contributed by atoms with Gasteiger partial charge < -0.3 is 5.32 Å². The highest BCUT2D eigenvalue weighted by molar-refractivity contribution is 6.33. The van der Waals surface area contributed by atoms with E-state index in [1.807, 2.05) is 0 Å². The molecule has 0 unspecified atom stereocenters. The molecule has 5 heteroatoms. The molecule has 0 bridgehead atoms. The van der Waals surface area contributed by atoms with Gasteiger partial charge in [0.2, 0.25) is 0 Å². The molecule has 0 spiro atoms. The van der Waals surface area contributed by atoms with Crippen molar-refractivity contribution in [3.63, 3.8) is 0 Å². The van der Waals surface area contributed by atoms with E-state index < -0.39 is 4.92 Å². The van der Waals surface area contributed by atoms with Crippen LogP contribution in [0.5, 0.6) is 0 Å². The summed E-state index contributed by atoms with van der Waals surface area (Å²) in [7, 11) is 0. The largest absolute Gasteiger partial charge is 0.384 e. The number of non-ortho nitro benzene ring substituents is 1. The SMILES string of the molecule is C#CCCCNc1ccc([N+](=O)[O-])cc1Cl. The Bertz CT molecular complexity index is 426. The van der Waals surface area contributed by atoms with Crippen molar-refractivity contribution >= 4 is 23.0 Å². The van der Waals surface area contributed by atoms with E-state index in [4.69, 9.17) is 18.0 Å². The molecular weight excluding hydrogens is 228 g/mol. The van der Waals surface area contributed by atoms with Crippen LogP contribution < -0.4 is 5.32 Å². The zero-order valence-corrected chi connectivity index (χ0v) is 9.33. The summed E-state index contributed by atoms with van der Waals surface area (Å²) in [6.07, 6.45) is 6.64. The molecule has 0 saturated heterocycles. The van der Waals surface area contributed by atoms with E-state index >= 15 is 0 Å². The van der Waals surface area contributed by atoms with Crippen molar-refractivity contribution in [2.45, 2.75) is 12.8 Å². The van der Waals surface area contributed by atoms with Gasteiger partial charge in [-0.2, -0.15) is 0 Å². The number of nitrogens with one attached hydrogen (secondary N) is 1. The third-order valence-electron chi connectivity index (χ3n) is 1.98. The molecule has 0 aliphatic heterocycles. The van der Waals surface area contributed by atoms with E-state index in [0.29, 0.717) is 23.7 Å². The zero-order chi connectivity index (χ0) is 12.0. The Balaban J connectivity index is 2.62. The number of nitrogens with zero attached hydrogens (tertiary/aromatic N) is 1. The van der Waals surface area contributed by atoms with E-state index in [9.17, 15) is 10.1 Å². The molecule has 0 fully saturated rings. The summed E-state index contributed by atoms with van der Waals surface area (Å²) in [4.78, 5) is 9.99. The topological polar surface area (TPSA) is 55.2 Å². The van der Waals surface area contributed by atoms with E-state index in [1.165, 1.54) is 12.1 Å². The van der Waals surface area contributed by atoms with Crippen molar-refractivity contribution in [2.24, 2.45) is 0 Å². The van der Waals surface area contributed by atoms with Crippen LogP contribution in [-0.4, -0.2) is 11.5 Å². The monoisotopic (exact) mass is 238 g/mol. The second-order valence-corrected chi connectivity index (χ2v) is 3.56. The van der Waals surface area contributed by atoms with E-state index in [2.05, 4.69) is 11.2 Å². The summed E-state index contributed by atoms with van der Waals surface area (Å²) in [6.45, 7) is 0.696. The van der Waals surface area contributed by atoms with Crippen molar-refractivity contribution in [1.82, 2.24) is 0 Å². The molecule has 4 nitrogen and oxygen atoms in total. The lowest BCUT2D eigenvalue weighted by Gasteiger charge is -2.06. The fourth-order valence-electron chi connectivity index (χ4n) is 1.17. The summed E-state index contributed by atoms with van der Waals surface area (Å²) >= 11 is 5.88. The van der Waals surface area contributed by atoms with Crippen molar-refractivity contribution in [2.75, 3.05) is 11.9 Å². The lowest BCUT2D eigenvalue weighted by molar-refractivity contribution is -0.384. The highest BCUT2D eigenvalue weighted by atomic mass is 35.5. The van der Waals surface area contributed by atoms with Crippen LogP contribution >= 0.6 is 11.6 Å². The van der Waals surface area contributed by atoms with Crippen LogP contribution in [0.25, 0.3) is 0 Å². The number of terminal acetylenes is 1. The van der Waals surface area contributed by atoms with Gasteiger partial charge >= 0.3 is 0 Å². The second-order valence-electron chi connectivity index (χ2n) is 3.16. The number of unbranched alkanes of at least 4 members (excludes halogenated alkanes) is 1. The molecule has 84 valence electrons. The van der Waals surface area contributed by atoms with Gasteiger partial charge in [-0.05, 0) is 12.5 Å². The number of nitro benzene ring substituents is 1. The average molecular weight is 239 g/mol. The van der Waals surface area contributed by atoms with Gasteiger partial charge in [-0.15, -0.1) is 12.3 Å². The Hall–Kier alpha value is -1.73. The van der Waals surface area contributed by atoms with Crippen LogP contribution in [0, 0.1) is 22.5 Å². The lowest BCUT2D eigenvalue weighted by atomic mass is 10.2. The Labute approximate surface area is 98.8 Å². The summed E-state index contributed by atoms with van der Waals surface area (Å²) in [5.74, 6) is 2.53. The number of benzene rings is 1. The molecule has 0 heterocycles. The smallest absolute Gasteiger partial charge is 0.271 e. The molecule has 0 radical (unpaired) electrons. The Morgan fingerprint density at radius 1 is 1.56 bits per heavy atom. The van der Waals surface area contributed by atoms with Gasteiger partial charge in [0.25, 0.3) is 5.69 Å². The van der Waals surface area contributed by atoms with Gasteiger partial charge in [0.05, 0.1) is 15.6 Å². The lowest BCUT2D eigenvalue weighted by Crippen LogP contribution is -2.01. The number of rotatable bonds is 5. The number of hydrogen-bond donors (Lipinski definition) is 1. The Morgan fingerprint density at radius 3 is 2.88 bits per heavy atom. The minimum absolute atomic E-state index is 0.0147. The van der Waals surface area contributed by atoms with Crippen LogP contribution in [0.15, 0.2) is 18.2 Å². The first kappa shape index (κ1) is 12.3. The van der Waals surface area contributed by atoms with Crippen molar-refractivity contribution in [3.8, 4) is 12.3 Å². The van der Waals surface area contributed by atoms with Gasteiger partial charge in [-0.25, -0.2) is 0 Å². The van der Waals surface area contributed by atoms with Crippen molar-refractivity contribution < 1.29 is 4.92 Å².